The lowest BCUT2D eigenvalue weighted by molar-refractivity contribution is -0.133. The molecule has 2 aromatic carbocycles. The first-order valence-electron chi connectivity index (χ1n) is 13.4. The average molecular weight is 562 g/mol. The van der Waals surface area contributed by atoms with Gasteiger partial charge in [-0.1, -0.05) is 35.3 Å². The van der Waals surface area contributed by atoms with Crippen LogP contribution in [-0.2, 0) is 16.0 Å². The van der Waals surface area contributed by atoms with Crippen molar-refractivity contribution < 1.29 is 19.1 Å². The number of nitrogens with zero attached hydrogens (tertiary/aromatic N) is 2. The van der Waals surface area contributed by atoms with Crippen molar-refractivity contribution >= 4 is 35.2 Å². The van der Waals surface area contributed by atoms with Crippen molar-refractivity contribution in [2.45, 2.75) is 78.0 Å². The van der Waals surface area contributed by atoms with Crippen LogP contribution in [-0.4, -0.2) is 59.2 Å². The number of carbonyl (C=O) groups is 2. The van der Waals surface area contributed by atoms with Crippen LogP contribution in [0.4, 0.5) is 4.79 Å². The van der Waals surface area contributed by atoms with Crippen molar-refractivity contribution in [2.75, 3.05) is 19.6 Å². The molecular formula is C30H38Cl2N2O4. The number of ether oxygens (including phenoxy) is 2. The van der Waals surface area contributed by atoms with Crippen LogP contribution in [0, 0.1) is 5.92 Å². The number of rotatable bonds is 6. The molecule has 206 valence electrons. The standard InChI is InChI=1S/C30H38Cl2N2O4/c1-19(2)37-24-8-6-20(7-9-24)22-17-26(31)25(27(32)18-22)16-21-10-15-34(28(21)35)23-11-13-33(14-12-23)29(36)38-30(3,4)5/h6-9,17-19,21,23H,10-16H2,1-5H3. The van der Waals surface area contributed by atoms with Crippen molar-refractivity contribution in [3.05, 3.63) is 52.0 Å². The Balaban J connectivity index is 1.36. The molecule has 2 aliphatic rings. The highest BCUT2D eigenvalue weighted by Crippen LogP contribution is 2.36. The van der Waals surface area contributed by atoms with Gasteiger partial charge in [0.05, 0.1) is 6.10 Å². The van der Waals surface area contributed by atoms with Crippen molar-refractivity contribution in [3.8, 4) is 16.9 Å². The van der Waals surface area contributed by atoms with E-state index in [-0.39, 0.29) is 30.1 Å². The molecular weight excluding hydrogens is 523 g/mol. The third-order valence-electron chi connectivity index (χ3n) is 7.06. The molecule has 1 atom stereocenters. The highest BCUT2D eigenvalue weighted by molar-refractivity contribution is 6.36. The normalized spacial score (nSPS) is 18.8. The van der Waals surface area contributed by atoms with E-state index in [0.29, 0.717) is 29.6 Å². The molecule has 1 unspecified atom stereocenters. The van der Waals surface area contributed by atoms with Crippen LogP contribution in [0.15, 0.2) is 36.4 Å². The summed E-state index contributed by atoms with van der Waals surface area (Å²) in [4.78, 5) is 29.5. The number of amides is 2. The maximum atomic E-state index is 13.4. The first-order chi connectivity index (χ1) is 17.9. The van der Waals surface area contributed by atoms with Gasteiger partial charge >= 0.3 is 6.09 Å². The third kappa shape index (κ3) is 6.95. The summed E-state index contributed by atoms with van der Waals surface area (Å²) < 4.78 is 11.2. The number of hydrogen-bond acceptors (Lipinski definition) is 4. The summed E-state index contributed by atoms with van der Waals surface area (Å²) >= 11 is 13.4. The van der Waals surface area contributed by atoms with Crippen molar-refractivity contribution in [3.63, 3.8) is 0 Å². The zero-order valence-corrected chi connectivity index (χ0v) is 24.4. The molecule has 8 heteroatoms. The summed E-state index contributed by atoms with van der Waals surface area (Å²) in [5.41, 5.74) is 2.23. The highest BCUT2D eigenvalue weighted by Gasteiger charge is 2.38. The van der Waals surface area contributed by atoms with Gasteiger partial charge in [-0.25, -0.2) is 4.79 Å². The number of piperidine rings is 1. The second-order valence-electron chi connectivity index (χ2n) is 11.5. The zero-order chi connectivity index (χ0) is 27.6. The molecule has 2 amide bonds. The minimum absolute atomic E-state index is 0.114. The Morgan fingerprint density at radius 2 is 1.58 bits per heavy atom. The van der Waals surface area contributed by atoms with Crippen LogP contribution >= 0.6 is 23.2 Å². The lowest BCUT2D eigenvalue weighted by Gasteiger charge is -2.37. The Kier molecular flexibility index (Phi) is 8.83. The third-order valence-corrected chi connectivity index (χ3v) is 7.73. The quantitative estimate of drug-likeness (QED) is 0.373. The zero-order valence-electron chi connectivity index (χ0n) is 22.9. The summed E-state index contributed by atoms with van der Waals surface area (Å²) in [7, 11) is 0. The molecule has 0 N–H and O–H groups in total. The maximum Gasteiger partial charge on any atom is 0.410 e. The number of benzene rings is 2. The van der Waals surface area contributed by atoms with Gasteiger partial charge in [-0.3, -0.25) is 4.79 Å². The van der Waals surface area contributed by atoms with Gasteiger partial charge in [0.2, 0.25) is 5.91 Å². The molecule has 0 saturated carbocycles. The topological polar surface area (TPSA) is 59.1 Å². The summed E-state index contributed by atoms with van der Waals surface area (Å²) in [5, 5.41) is 1.15. The van der Waals surface area contributed by atoms with Crippen LogP contribution in [0.5, 0.6) is 5.75 Å². The van der Waals surface area contributed by atoms with Crippen LogP contribution < -0.4 is 4.74 Å². The van der Waals surface area contributed by atoms with Crippen molar-refractivity contribution in [1.82, 2.24) is 9.80 Å². The molecule has 0 bridgehead atoms. The first kappa shape index (κ1) is 28.6. The second kappa shape index (κ2) is 11.7. The number of halogens is 2. The van der Waals surface area contributed by atoms with E-state index in [4.69, 9.17) is 32.7 Å². The Morgan fingerprint density at radius 1 is 0.974 bits per heavy atom. The van der Waals surface area contributed by atoms with Gasteiger partial charge in [0.1, 0.15) is 11.4 Å². The molecule has 0 aromatic heterocycles. The van der Waals surface area contributed by atoms with Crippen LogP contribution in [0.1, 0.15) is 59.4 Å². The van der Waals surface area contributed by atoms with Crippen LogP contribution in [0.3, 0.4) is 0 Å². The van der Waals surface area contributed by atoms with E-state index in [1.165, 1.54) is 0 Å². The molecule has 2 aliphatic heterocycles. The van der Waals surface area contributed by atoms with Gasteiger partial charge in [-0.2, -0.15) is 0 Å². The Morgan fingerprint density at radius 3 is 2.13 bits per heavy atom. The van der Waals surface area contributed by atoms with E-state index in [2.05, 4.69) is 0 Å². The molecule has 2 fully saturated rings. The molecule has 0 radical (unpaired) electrons. The maximum absolute atomic E-state index is 13.4. The summed E-state index contributed by atoms with van der Waals surface area (Å²) in [6, 6.07) is 11.8. The van der Waals surface area contributed by atoms with Crippen molar-refractivity contribution in [2.24, 2.45) is 5.92 Å². The predicted octanol–water partition coefficient (Wildman–Crippen LogP) is 7.24. The van der Waals surface area contributed by atoms with Gasteiger partial charge in [-0.15, -0.1) is 0 Å². The van der Waals surface area contributed by atoms with E-state index in [0.717, 1.165) is 48.2 Å². The van der Waals surface area contributed by atoms with Crippen LogP contribution in [0.2, 0.25) is 10.0 Å². The minimum atomic E-state index is -0.514. The monoisotopic (exact) mass is 560 g/mol. The van der Waals surface area contributed by atoms with Gasteiger partial charge in [0.15, 0.2) is 0 Å². The fourth-order valence-electron chi connectivity index (χ4n) is 5.21. The molecule has 2 aromatic rings. The van der Waals surface area contributed by atoms with E-state index < -0.39 is 5.60 Å². The lowest BCUT2D eigenvalue weighted by atomic mass is 9.95. The molecule has 6 nitrogen and oxygen atoms in total. The van der Waals surface area contributed by atoms with E-state index >= 15 is 0 Å². The SMILES string of the molecule is CC(C)Oc1ccc(-c2cc(Cl)c(CC3CCN(C4CCN(C(=O)OC(C)(C)C)CC4)C3=O)c(Cl)c2)cc1. The lowest BCUT2D eigenvalue weighted by Crippen LogP contribution is -2.48. The van der Waals surface area contributed by atoms with E-state index in [1.807, 2.05) is 75.9 Å². The Bertz CT molecular complexity index is 1130. The summed E-state index contributed by atoms with van der Waals surface area (Å²) in [6.45, 7) is 11.5. The Hall–Kier alpha value is -2.44. The molecule has 4 rings (SSSR count). The van der Waals surface area contributed by atoms with Gasteiger partial charge < -0.3 is 19.3 Å². The van der Waals surface area contributed by atoms with Gasteiger partial charge in [-0.05, 0) is 101 Å². The number of likely N-dealkylation sites (tertiary alicyclic amines) is 2. The van der Waals surface area contributed by atoms with E-state index in [1.54, 1.807) is 4.90 Å². The minimum Gasteiger partial charge on any atom is -0.491 e. The first-order valence-corrected chi connectivity index (χ1v) is 14.2. The summed E-state index contributed by atoms with van der Waals surface area (Å²) in [6.07, 6.45) is 2.64. The molecule has 2 heterocycles. The molecule has 38 heavy (non-hydrogen) atoms. The highest BCUT2D eigenvalue weighted by atomic mass is 35.5. The largest absolute Gasteiger partial charge is 0.491 e. The summed E-state index contributed by atoms with van der Waals surface area (Å²) in [5.74, 6) is 0.822. The van der Waals surface area contributed by atoms with E-state index in [9.17, 15) is 9.59 Å². The predicted molar refractivity (Wildman–Crippen MR) is 152 cm³/mol. The number of carbonyl (C=O) groups excluding carboxylic acids is 2. The molecule has 0 spiro atoms. The smallest absolute Gasteiger partial charge is 0.410 e. The van der Waals surface area contributed by atoms with Gasteiger partial charge in [0.25, 0.3) is 0 Å². The van der Waals surface area contributed by atoms with Crippen molar-refractivity contribution in [1.29, 1.82) is 0 Å². The van der Waals surface area contributed by atoms with Crippen LogP contribution in [0.25, 0.3) is 11.1 Å². The second-order valence-corrected chi connectivity index (χ2v) is 12.3. The number of hydrogen-bond donors (Lipinski definition) is 0. The fourth-order valence-corrected chi connectivity index (χ4v) is 5.85. The van der Waals surface area contributed by atoms with Gasteiger partial charge in [0, 0.05) is 41.6 Å². The molecule has 0 aliphatic carbocycles. The Labute approximate surface area is 236 Å². The fraction of sp³-hybridized carbons (Fsp3) is 0.533. The molecule has 2 saturated heterocycles. The average Bonchev–Trinajstić information content (AvgIpc) is 3.20.